The minimum atomic E-state index is -1.88. The molecule has 4 aromatic rings. The van der Waals surface area contributed by atoms with Crippen molar-refractivity contribution in [2.24, 2.45) is 0 Å². The van der Waals surface area contributed by atoms with Gasteiger partial charge in [0.1, 0.15) is 19.8 Å². The van der Waals surface area contributed by atoms with Crippen LogP contribution in [0, 0.1) is 0 Å². The molecule has 1 atom stereocenters. The zero-order valence-electron chi connectivity index (χ0n) is 22.3. The fraction of sp³-hybridized carbons (Fsp3) is 0.333. The first-order valence-electron chi connectivity index (χ1n) is 13.5. The molecular weight excluding hydrogens is 512 g/mol. The van der Waals surface area contributed by atoms with Crippen molar-refractivity contribution in [1.82, 2.24) is 14.5 Å². The number of hydrogen-bond acceptors (Lipinski definition) is 9. The molecule has 0 spiro atoms. The Morgan fingerprint density at radius 3 is 2.50 bits per heavy atom. The van der Waals surface area contributed by atoms with Crippen molar-refractivity contribution in [2.45, 2.75) is 45.6 Å². The first-order chi connectivity index (χ1) is 19.4. The third-order valence-corrected chi connectivity index (χ3v) is 8.14. The second-order valence-electron chi connectivity index (χ2n) is 10.3. The highest BCUT2D eigenvalue weighted by Crippen LogP contribution is 2.46. The highest BCUT2D eigenvalue weighted by molar-refractivity contribution is 5.99. The Balaban J connectivity index is 1.49. The van der Waals surface area contributed by atoms with Gasteiger partial charge in [-0.2, -0.15) is 0 Å². The molecule has 0 radical (unpaired) electrons. The maximum Gasteiger partial charge on any atom is 0.343 e. The standard InChI is InChI=1S/C30H28N4O6/c1-3-30(37)21-12-23-26-19(15-34(23)28(35)20(21)16-40-29(30)36)27(33(4-2)14-17-5-7-31-8-6-17)18-11-24-25(13-22(18)32-26)39-10-9-38-24/h5-8,11-13,37H,3-4,9-10,14-16H2,1-2H3/t30-/m0/s1. The average molecular weight is 541 g/mol. The monoisotopic (exact) mass is 540 g/mol. The number of pyridine rings is 3. The summed E-state index contributed by atoms with van der Waals surface area (Å²) in [7, 11) is 0. The van der Waals surface area contributed by atoms with E-state index in [0.717, 1.165) is 22.2 Å². The molecule has 3 aromatic heterocycles. The van der Waals surface area contributed by atoms with Gasteiger partial charge in [-0.15, -0.1) is 0 Å². The summed E-state index contributed by atoms with van der Waals surface area (Å²) in [5.74, 6) is 0.544. The molecule has 0 saturated heterocycles. The van der Waals surface area contributed by atoms with E-state index in [2.05, 4.69) is 16.8 Å². The predicted octanol–water partition coefficient (Wildman–Crippen LogP) is 3.27. The molecule has 6 heterocycles. The lowest BCUT2D eigenvalue weighted by molar-refractivity contribution is -0.172. The number of aromatic nitrogens is 3. The number of nitrogens with zero attached hydrogens (tertiary/aromatic N) is 4. The van der Waals surface area contributed by atoms with E-state index in [-0.39, 0.29) is 18.6 Å². The molecule has 40 heavy (non-hydrogen) atoms. The van der Waals surface area contributed by atoms with Gasteiger partial charge in [-0.05, 0) is 43.2 Å². The molecule has 0 unspecified atom stereocenters. The molecule has 204 valence electrons. The number of esters is 1. The van der Waals surface area contributed by atoms with E-state index < -0.39 is 11.6 Å². The summed E-state index contributed by atoms with van der Waals surface area (Å²) in [6, 6.07) is 9.57. The second-order valence-corrected chi connectivity index (χ2v) is 10.3. The van der Waals surface area contributed by atoms with Crippen molar-refractivity contribution in [2.75, 3.05) is 24.7 Å². The Labute approximate surface area is 229 Å². The number of aliphatic hydroxyl groups is 1. The van der Waals surface area contributed by atoms with Gasteiger partial charge in [0.2, 0.25) is 0 Å². The molecule has 7 rings (SSSR count). The van der Waals surface area contributed by atoms with Gasteiger partial charge in [-0.25, -0.2) is 9.78 Å². The summed E-state index contributed by atoms with van der Waals surface area (Å²) in [5.41, 5.74) is 3.28. The molecule has 3 aliphatic heterocycles. The molecule has 1 aromatic carbocycles. The summed E-state index contributed by atoms with van der Waals surface area (Å²) in [6.07, 6.45) is 3.64. The van der Waals surface area contributed by atoms with Crippen LogP contribution in [0.3, 0.4) is 0 Å². The molecule has 0 amide bonds. The van der Waals surface area contributed by atoms with E-state index >= 15 is 0 Å². The Hall–Kier alpha value is -4.44. The molecule has 3 aliphatic rings. The summed E-state index contributed by atoms with van der Waals surface area (Å²) in [4.78, 5) is 37.9. The molecular formula is C30H28N4O6. The second kappa shape index (κ2) is 9.06. The third kappa shape index (κ3) is 3.52. The number of cyclic esters (lactones) is 1. The van der Waals surface area contributed by atoms with Gasteiger partial charge in [-0.1, -0.05) is 6.92 Å². The van der Waals surface area contributed by atoms with Crippen LogP contribution < -0.4 is 19.9 Å². The molecule has 0 fully saturated rings. The highest BCUT2D eigenvalue weighted by Gasteiger charge is 2.45. The van der Waals surface area contributed by atoms with Crippen molar-refractivity contribution in [3.63, 3.8) is 0 Å². The number of anilines is 1. The molecule has 0 aliphatic carbocycles. The first-order valence-corrected chi connectivity index (χ1v) is 13.5. The fourth-order valence-electron chi connectivity index (χ4n) is 6.01. The number of carbonyl (C=O) groups is 1. The van der Waals surface area contributed by atoms with Crippen molar-refractivity contribution in [1.29, 1.82) is 0 Å². The van der Waals surface area contributed by atoms with Crippen LogP contribution in [0.1, 0.15) is 42.5 Å². The van der Waals surface area contributed by atoms with Gasteiger partial charge >= 0.3 is 5.97 Å². The maximum atomic E-state index is 13.8. The lowest BCUT2D eigenvalue weighted by Gasteiger charge is -2.31. The summed E-state index contributed by atoms with van der Waals surface area (Å²) in [6.45, 7) is 6.16. The number of carbonyl (C=O) groups excluding carboxylic acids is 1. The average Bonchev–Trinajstić information content (AvgIpc) is 3.35. The first kappa shape index (κ1) is 24.6. The zero-order valence-corrected chi connectivity index (χ0v) is 22.3. The van der Waals surface area contributed by atoms with Crippen LogP contribution in [0.2, 0.25) is 0 Å². The van der Waals surface area contributed by atoms with Gasteiger partial charge in [0.15, 0.2) is 17.1 Å². The van der Waals surface area contributed by atoms with Crippen LogP contribution in [0.4, 0.5) is 5.69 Å². The minimum absolute atomic E-state index is 0.0873. The smallest absolute Gasteiger partial charge is 0.343 e. The predicted molar refractivity (Wildman–Crippen MR) is 146 cm³/mol. The Bertz CT molecular complexity index is 1750. The van der Waals surface area contributed by atoms with Crippen molar-refractivity contribution in [3.05, 3.63) is 75.3 Å². The topological polar surface area (TPSA) is 116 Å². The number of rotatable bonds is 5. The lowest BCUT2D eigenvalue weighted by Crippen LogP contribution is -2.44. The summed E-state index contributed by atoms with van der Waals surface area (Å²) in [5, 5.41) is 12.2. The lowest BCUT2D eigenvalue weighted by atomic mass is 9.86. The Morgan fingerprint density at radius 2 is 1.77 bits per heavy atom. The molecule has 1 N–H and O–H groups in total. The quantitative estimate of drug-likeness (QED) is 0.335. The number of fused-ring (bicyclic) bond motifs is 6. The third-order valence-electron chi connectivity index (χ3n) is 8.14. The van der Waals surface area contributed by atoms with Gasteiger partial charge in [0.05, 0.1) is 34.7 Å². The SMILES string of the molecule is CCN(Cc1ccncc1)c1c2c(nc3cc4c(cc13)OCCO4)-c1cc3c(c(=O)n1C2)COC(=O)[C@]3(O)CC. The molecule has 10 nitrogen and oxygen atoms in total. The molecule has 0 saturated carbocycles. The van der Waals surface area contributed by atoms with Gasteiger partial charge in [0.25, 0.3) is 5.56 Å². The number of ether oxygens (including phenoxy) is 3. The van der Waals surface area contributed by atoms with Crippen LogP contribution in [-0.4, -0.2) is 45.4 Å². The Kier molecular flexibility index (Phi) is 5.57. The molecule has 0 bridgehead atoms. The van der Waals surface area contributed by atoms with Crippen LogP contribution in [0.25, 0.3) is 22.3 Å². The van der Waals surface area contributed by atoms with E-state index in [4.69, 9.17) is 19.2 Å². The minimum Gasteiger partial charge on any atom is -0.486 e. The van der Waals surface area contributed by atoms with Gasteiger partial charge in [-0.3, -0.25) is 9.78 Å². The van der Waals surface area contributed by atoms with Crippen LogP contribution in [-0.2, 0) is 34.8 Å². The van der Waals surface area contributed by atoms with Crippen LogP contribution in [0.15, 0.2) is 47.5 Å². The van der Waals surface area contributed by atoms with Crippen molar-refractivity contribution in [3.8, 4) is 22.9 Å². The summed E-state index contributed by atoms with van der Waals surface area (Å²) >= 11 is 0. The number of hydrogen-bond donors (Lipinski definition) is 1. The van der Waals surface area contributed by atoms with E-state index in [1.54, 1.807) is 30.0 Å². The normalized spacial score (nSPS) is 18.6. The van der Waals surface area contributed by atoms with E-state index in [0.29, 0.717) is 72.4 Å². The summed E-state index contributed by atoms with van der Waals surface area (Å²) < 4.78 is 18.7. The van der Waals surface area contributed by atoms with E-state index in [1.807, 2.05) is 24.3 Å². The highest BCUT2D eigenvalue weighted by atomic mass is 16.6. The van der Waals surface area contributed by atoms with E-state index in [9.17, 15) is 14.7 Å². The number of benzene rings is 1. The zero-order chi connectivity index (χ0) is 27.6. The van der Waals surface area contributed by atoms with Gasteiger partial charge in [0, 0.05) is 48.1 Å². The fourth-order valence-corrected chi connectivity index (χ4v) is 6.01. The van der Waals surface area contributed by atoms with Crippen molar-refractivity contribution < 1.29 is 24.1 Å². The van der Waals surface area contributed by atoms with Crippen LogP contribution >= 0.6 is 0 Å². The van der Waals surface area contributed by atoms with Crippen molar-refractivity contribution >= 4 is 22.6 Å². The largest absolute Gasteiger partial charge is 0.486 e. The van der Waals surface area contributed by atoms with E-state index in [1.165, 1.54) is 0 Å². The Morgan fingerprint density at radius 1 is 1.02 bits per heavy atom. The molecule has 10 heteroatoms. The van der Waals surface area contributed by atoms with Gasteiger partial charge < -0.3 is 28.8 Å². The van der Waals surface area contributed by atoms with Crippen LogP contribution in [0.5, 0.6) is 11.5 Å². The maximum absolute atomic E-state index is 13.8.